The van der Waals surface area contributed by atoms with Gasteiger partial charge in [0.2, 0.25) is 0 Å². The normalized spacial score (nSPS) is 11.3. The Morgan fingerprint density at radius 2 is 1.09 bits per heavy atom. The van der Waals surface area contributed by atoms with Crippen LogP contribution in [0.15, 0.2) is 241 Å². The van der Waals surface area contributed by atoms with E-state index in [0.29, 0.717) is 11.8 Å². The van der Waals surface area contributed by atoms with Crippen LogP contribution in [-0.4, -0.2) is 19.5 Å². The molecule has 0 bridgehead atoms. The number of imidazole rings is 1. The number of hydrogen-bond acceptors (Lipinski definition) is 4. The number of rotatable bonds is 15. The Balaban J connectivity index is 0.000000170. The topological polar surface area (TPSA) is 56.7 Å². The summed E-state index contributed by atoms with van der Waals surface area (Å²) in [4.78, 5) is 14.3. The largest absolute Gasteiger partial charge is 3.00 e. The van der Waals surface area contributed by atoms with Gasteiger partial charge in [0, 0.05) is 23.5 Å². The second-order valence-corrected chi connectivity index (χ2v) is 21.5. The van der Waals surface area contributed by atoms with Crippen LogP contribution < -0.4 is 0 Å². The first kappa shape index (κ1) is 55.1. The van der Waals surface area contributed by atoms with Crippen LogP contribution in [0.3, 0.4) is 0 Å². The Labute approximate surface area is 495 Å². The quantitative estimate of drug-likeness (QED) is 0.0960. The molecule has 13 aromatic rings. The average Bonchev–Trinajstić information content (AvgIpc) is 4.16. The SMILES string of the molecule is CC(C)c1cc(-c2ccccc2)cc(C(C)C)c1-n1c(-c2[c-]ccc3c2oc2ccccc23)nc2ccccc21.[Ir+3].[c-]1ccccc1-c1cc(CCc2ccccc2Cc2ccccc2CCc2cc[c-]c(-c3ccccn3)c2)ccn1. The van der Waals surface area contributed by atoms with Gasteiger partial charge in [0.15, 0.2) is 0 Å². The van der Waals surface area contributed by atoms with Crippen molar-refractivity contribution in [3.05, 3.63) is 300 Å². The Bertz CT molecular complexity index is 4120. The van der Waals surface area contributed by atoms with E-state index in [9.17, 15) is 0 Å². The van der Waals surface area contributed by atoms with Gasteiger partial charge in [-0.15, -0.1) is 89.5 Å². The molecular weight excluding hydrogens is 1180 g/mol. The van der Waals surface area contributed by atoms with E-state index in [1.807, 2.05) is 73.1 Å². The predicted molar refractivity (Wildman–Crippen MR) is 334 cm³/mol. The van der Waals surface area contributed by atoms with Gasteiger partial charge in [0.05, 0.1) is 22.4 Å². The maximum atomic E-state index is 6.47. The smallest absolute Gasteiger partial charge is 0.501 e. The standard InChI is InChI=1S/C39H32N2.C37H31N2O.Ir/c1-2-14-34(15-3-1)39-28-31(24-26-41-39)21-23-33-13-5-7-17-36(33)29-35-16-6-4-12-32(35)22-20-30-11-10-18-37(27-30)38-19-8-9-25-40-38;1-23(2)30-21-26(25-13-6-5-7-14-25)22-31(24(3)4)35(30)39-33-19-10-9-18-32(33)38-37(39)29-17-12-16-28-27-15-8-11-20-34(27)40-36(28)29;/h1-14,16-17,19,24-28H,20-23,29H2;5-16,18-24H,1-4H3;/q-2;-1;+3. The first-order valence-electron chi connectivity index (χ1n) is 28.3. The van der Waals surface area contributed by atoms with Crippen LogP contribution in [0.4, 0.5) is 0 Å². The average molecular weight is 1240 g/mol. The molecule has 9 aromatic carbocycles. The van der Waals surface area contributed by atoms with Crippen molar-refractivity contribution in [1.82, 2.24) is 19.5 Å². The van der Waals surface area contributed by atoms with E-state index in [4.69, 9.17) is 9.40 Å². The first-order chi connectivity index (χ1) is 39.8. The van der Waals surface area contributed by atoms with Crippen LogP contribution in [0.25, 0.3) is 83.7 Å². The maximum absolute atomic E-state index is 6.47. The van der Waals surface area contributed by atoms with Crippen molar-refractivity contribution in [3.63, 3.8) is 0 Å². The van der Waals surface area contributed by atoms with Gasteiger partial charge in [-0.25, -0.2) is 0 Å². The molecule has 0 aliphatic carbocycles. The molecule has 0 atom stereocenters. The van der Waals surface area contributed by atoms with Crippen molar-refractivity contribution in [2.75, 3.05) is 0 Å². The molecule has 0 aliphatic heterocycles. The van der Waals surface area contributed by atoms with Crippen LogP contribution in [-0.2, 0) is 52.2 Å². The number of benzene rings is 9. The van der Waals surface area contributed by atoms with Crippen LogP contribution in [0.2, 0.25) is 0 Å². The minimum absolute atomic E-state index is 0. The van der Waals surface area contributed by atoms with Gasteiger partial charge in [-0.3, -0.25) is 4.98 Å². The summed E-state index contributed by atoms with van der Waals surface area (Å²) in [6.45, 7) is 9.12. The third-order valence-electron chi connectivity index (χ3n) is 15.5. The molecule has 0 aliphatic rings. The Morgan fingerprint density at radius 3 is 1.79 bits per heavy atom. The van der Waals surface area contributed by atoms with Gasteiger partial charge in [0.1, 0.15) is 5.58 Å². The Hall–Kier alpha value is -8.80. The summed E-state index contributed by atoms with van der Waals surface area (Å²) in [5.74, 6) is 1.45. The summed E-state index contributed by atoms with van der Waals surface area (Å²) in [5.41, 5.74) is 23.1. The van der Waals surface area contributed by atoms with E-state index in [0.717, 1.165) is 99.0 Å². The van der Waals surface area contributed by atoms with Crippen molar-refractivity contribution < 1.29 is 24.5 Å². The zero-order valence-electron chi connectivity index (χ0n) is 46.7. The third kappa shape index (κ3) is 12.0. The summed E-state index contributed by atoms with van der Waals surface area (Å²) in [7, 11) is 0. The van der Waals surface area contributed by atoms with Crippen LogP contribution in [0.5, 0.6) is 0 Å². The van der Waals surface area contributed by atoms with Crippen molar-refractivity contribution in [2.45, 2.75) is 71.6 Å². The molecular formula is C76H63IrN4O. The number of fused-ring (bicyclic) bond motifs is 4. The number of aryl methyl sites for hydroxylation is 4. The van der Waals surface area contributed by atoms with Crippen LogP contribution in [0.1, 0.15) is 84.0 Å². The van der Waals surface area contributed by atoms with Gasteiger partial charge in [-0.2, -0.15) is 0 Å². The second-order valence-electron chi connectivity index (χ2n) is 21.5. The minimum atomic E-state index is 0. The molecule has 402 valence electrons. The van der Waals surface area contributed by atoms with E-state index in [1.54, 1.807) is 0 Å². The molecule has 6 heteroatoms. The van der Waals surface area contributed by atoms with Crippen molar-refractivity contribution in [3.8, 4) is 50.7 Å². The molecule has 5 nitrogen and oxygen atoms in total. The van der Waals surface area contributed by atoms with Crippen molar-refractivity contribution in [1.29, 1.82) is 0 Å². The fourth-order valence-corrected chi connectivity index (χ4v) is 11.3. The van der Waals surface area contributed by atoms with Crippen LogP contribution in [0, 0.1) is 18.2 Å². The summed E-state index contributed by atoms with van der Waals surface area (Å²) in [6.07, 6.45) is 8.65. The number of pyridine rings is 2. The van der Waals surface area contributed by atoms with E-state index in [2.05, 4.69) is 224 Å². The molecule has 0 saturated heterocycles. The minimum Gasteiger partial charge on any atom is -0.501 e. The molecule has 13 rings (SSSR count). The molecule has 0 unspecified atom stereocenters. The predicted octanol–water partition coefficient (Wildman–Crippen LogP) is 18.9. The number of aromatic nitrogens is 4. The molecule has 0 fully saturated rings. The van der Waals surface area contributed by atoms with E-state index >= 15 is 0 Å². The fourth-order valence-electron chi connectivity index (χ4n) is 11.3. The number of furan rings is 1. The molecule has 0 saturated carbocycles. The monoisotopic (exact) mass is 1240 g/mol. The zero-order chi connectivity index (χ0) is 55.1. The summed E-state index contributed by atoms with van der Waals surface area (Å²) < 4.78 is 8.83. The molecule has 0 radical (unpaired) electrons. The zero-order valence-corrected chi connectivity index (χ0v) is 49.1. The number of nitrogens with zero attached hydrogens (tertiary/aromatic N) is 4. The molecule has 4 aromatic heterocycles. The maximum Gasteiger partial charge on any atom is 3.00 e. The number of para-hydroxylation sites is 3. The Morgan fingerprint density at radius 1 is 0.463 bits per heavy atom. The van der Waals surface area contributed by atoms with Gasteiger partial charge in [0.25, 0.3) is 0 Å². The molecule has 0 amide bonds. The molecule has 4 heterocycles. The third-order valence-corrected chi connectivity index (χ3v) is 15.5. The Kier molecular flexibility index (Phi) is 17.0. The first-order valence-corrected chi connectivity index (χ1v) is 28.3. The van der Waals surface area contributed by atoms with Gasteiger partial charge < -0.3 is 19.0 Å². The van der Waals surface area contributed by atoms with Crippen LogP contribution >= 0.6 is 0 Å². The van der Waals surface area contributed by atoms with Gasteiger partial charge >= 0.3 is 20.1 Å². The molecule has 0 N–H and O–H groups in total. The van der Waals surface area contributed by atoms with Gasteiger partial charge in [-0.1, -0.05) is 172 Å². The molecule has 82 heavy (non-hydrogen) atoms. The van der Waals surface area contributed by atoms with Crippen molar-refractivity contribution in [2.24, 2.45) is 0 Å². The molecule has 0 spiro atoms. The van der Waals surface area contributed by atoms with Gasteiger partial charge in [-0.05, 0) is 142 Å². The van der Waals surface area contributed by atoms with E-state index in [-0.39, 0.29) is 20.1 Å². The fraction of sp³-hybridized carbons (Fsp3) is 0.145. The summed E-state index contributed by atoms with van der Waals surface area (Å²) in [5, 5.41) is 2.18. The second kappa shape index (κ2) is 25.3. The van der Waals surface area contributed by atoms with E-state index < -0.39 is 0 Å². The van der Waals surface area contributed by atoms with E-state index in [1.165, 1.54) is 61.3 Å². The summed E-state index contributed by atoms with van der Waals surface area (Å²) >= 11 is 0. The number of hydrogen-bond donors (Lipinski definition) is 0. The van der Waals surface area contributed by atoms with Crippen molar-refractivity contribution >= 4 is 33.0 Å². The summed E-state index contributed by atoms with van der Waals surface area (Å²) in [6, 6.07) is 88.8.